The molecule has 1 saturated heterocycles. The van der Waals surface area contributed by atoms with Gasteiger partial charge in [-0.1, -0.05) is 20.8 Å². The van der Waals surface area contributed by atoms with Crippen molar-refractivity contribution in [2.75, 3.05) is 18.1 Å². The number of nitrogens with zero attached hydrogens (tertiary/aromatic N) is 1. The first-order valence-corrected chi connectivity index (χ1v) is 8.66. The van der Waals surface area contributed by atoms with Crippen molar-refractivity contribution in [1.82, 2.24) is 10.2 Å². The third-order valence-electron chi connectivity index (χ3n) is 3.68. The van der Waals surface area contributed by atoms with Gasteiger partial charge in [-0.2, -0.15) is 11.8 Å². The molecule has 0 aromatic heterocycles. The van der Waals surface area contributed by atoms with Gasteiger partial charge in [0.1, 0.15) is 11.6 Å². The fraction of sp³-hybridized carbons (Fsp3) is 0.867. The molecule has 4 nitrogen and oxygen atoms in total. The molecular weight excluding hydrogens is 272 g/mol. The van der Waals surface area contributed by atoms with E-state index in [-0.39, 0.29) is 17.9 Å². The molecule has 0 radical (unpaired) electrons. The maximum absolute atomic E-state index is 12.6. The third-order valence-corrected chi connectivity index (χ3v) is 4.67. The average Bonchev–Trinajstić information content (AvgIpc) is 2.35. The number of hydrogen-bond acceptors (Lipinski definition) is 3. The van der Waals surface area contributed by atoms with Crippen molar-refractivity contribution in [2.45, 2.75) is 59.0 Å². The molecule has 1 atom stereocenters. The SMILES string of the molecule is CCSCCCN1C(=O)C(CC(C)C)NC(=O)C1(C)C. The smallest absolute Gasteiger partial charge is 0.246 e. The number of piperazine rings is 1. The molecule has 0 aliphatic carbocycles. The van der Waals surface area contributed by atoms with Crippen LogP contribution in [0.3, 0.4) is 0 Å². The summed E-state index contributed by atoms with van der Waals surface area (Å²) in [6.07, 6.45) is 1.65. The fourth-order valence-corrected chi connectivity index (χ4v) is 3.09. The minimum absolute atomic E-state index is 0.0362. The number of rotatable bonds is 7. The lowest BCUT2D eigenvalue weighted by atomic mass is 9.92. The summed E-state index contributed by atoms with van der Waals surface area (Å²) in [5.74, 6) is 2.55. The van der Waals surface area contributed by atoms with Gasteiger partial charge in [0.2, 0.25) is 11.8 Å². The van der Waals surface area contributed by atoms with Crippen molar-refractivity contribution < 1.29 is 9.59 Å². The second-order valence-corrected chi connectivity index (χ2v) is 7.65. The summed E-state index contributed by atoms with van der Waals surface area (Å²) >= 11 is 1.87. The van der Waals surface area contributed by atoms with E-state index in [1.54, 1.807) is 4.90 Å². The van der Waals surface area contributed by atoms with Crippen LogP contribution in [-0.2, 0) is 9.59 Å². The molecule has 0 saturated carbocycles. The van der Waals surface area contributed by atoms with Crippen LogP contribution in [0, 0.1) is 5.92 Å². The van der Waals surface area contributed by atoms with Gasteiger partial charge in [0.05, 0.1) is 0 Å². The molecular formula is C15H28N2O2S. The van der Waals surface area contributed by atoms with Crippen molar-refractivity contribution in [3.05, 3.63) is 0 Å². The van der Waals surface area contributed by atoms with Crippen molar-refractivity contribution in [3.63, 3.8) is 0 Å². The normalized spacial score (nSPS) is 22.3. The van der Waals surface area contributed by atoms with E-state index in [9.17, 15) is 9.59 Å². The number of hydrogen-bond donors (Lipinski definition) is 1. The minimum atomic E-state index is -0.735. The van der Waals surface area contributed by atoms with E-state index in [1.807, 2.05) is 25.6 Å². The van der Waals surface area contributed by atoms with Crippen LogP contribution in [0.4, 0.5) is 0 Å². The molecule has 1 aliphatic rings. The van der Waals surface area contributed by atoms with Gasteiger partial charge in [0, 0.05) is 6.54 Å². The molecule has 1 unspecified atom stereocenters. The van der Waals surface area contributed by atoms with Crippen molar-refractivity contribution in [1.29, 1.82) is 0 Å². The van der Waals surface area contributed by atoms with Gasteiger partial charge >= 0.3 is 0 Å². The number of thioether (sulfide) groups is 1. The lowest BCUT2D eigenvalue weighted by Gasteiger charge is -2.44. The van der Waals surface area contributed by atoms with Crippen LogP contribution < -0.4 is 5.32 Å². The van der Waals surface area contributed by atoms with Gasteiger partial charge in [-0.3, -0.25) is 9.59 Å². The maximum Gasteiger partial charge on any atom is 0.246 e. The Morgan fingerprint density at radius 2 is 2.00 bits per heavy atom. The average molecular weight is 300 g/mol. The molecule has 20 heavy (non-hydrogen) atoms. The minimum Gasteiger partial charge on any atom is -0.342 e. The van der Waals surface area contributed by atoms with Gasteiger partial charge in [-0.25, -0.2) is 0 Å². The van der Waals surface area contributed by atoms with Gasteiger partial charge < -0.3 is 10.2 Å². The van der Waals surface area contributed by atoms with E-state index in [0.717, 1.165) is 17.9 Å². The highest BCUT2D eigenvalue weighted by atomic mass is 32.2. The molecule has 0 bridgehead atoms. The Bertz CT molecular complexity index is 356. The number of carbonyl (C=O) groups excluding carboxylic acids is 2. The van der Waals surface area contributed by atoms with Gasteiger partial charge in [-0.15, -0.1) is 0 Å². The molecule has 2 amide bonds. The van der Waals surface area contributed by atoms with Crippen LogP contribution in [0.1, 0.15) is 47.5 Å². The Labute approximate surface area is 127 Å². The zero-order valence-electron chi connectivity index (χ0n) is 13.4. The fourth-order valence-electron chi connectivity index (χ4n) is 2.47. The predicted molar refractivity (Wildman–Crippen MR) is 84.8 cm³/mol. The topological polar surface area (TPSA) is 49.4 Å². The molecule has 1 rings (SSSR count). The summed E-state index contributed by atoms with van der Waals surface area (Å²) in [6.45, 7) is 10.6. The van der Waals surface area contributed by atoms with E-state index in [4.69, 9.17) is 0 Å². The van der Waals surface area contributed by atoms with E-state index >= 15 is 0 Å². The lowest BCUT2D eigenvalue weighted by Crippen LogP contribution is -2.68. The molecule has 1 aliphatic heterocycles. The number of carbonyl (C=O) groups is 2. The molecule has 0 aromatic rings. The predicted octanol–water partition coefficient (Wildman–Crippen LogP) is 2.28. The van der Waals surface area contributed by atoms with Crippen molar-refractivity contribution in [2.24, 2.45) is 5.92 Å². The highest BCUT2D eigenvalue weighted by Gasteiger charge is 2.45. The molecule has 0 spiro atoms. The van der Waals surface area contributed by atoms with E-state index in [0.29, 0.717) is 18.9 Å². The van der Waals surface area contributed by atoms with Gasteiger partial charge in [0.25, 0.3) is 0 Å². The molecule has 1 N–H and O–H groups in total. The first-order valence-electron chi connectivity index (χ1n) is 7.50. The second kappa shape index (κ2) is 7.34. The van der Waals surface area contributed by atoms with E-state index in [2.05, 4.69) is 26.1 Å². The lowest BCUT2D eigenvalue weighted by molar-refractivity contribution is -0.155. The Hall–Kier alpha value is -0.710. The quantitative estimate of drug-likeness (QED) is 0.734. The highest BCUT2D eigenvalue weighted by molar-refractivity contribution is 7.99. The molecule has 0 aromatic carbocycles. The number of amides is 2. The van der Waals surface area contributed by atoms with Gasteiger partial charge in [0.15, 0.2) is 0 Å². The molecule has 1 fully saturated rings. The summed E-state index contributed by atoms with van der Waals surface area (Å²) in [7, 11) is 0. The highest BCUT2D eigenvalue weighted by Crippen LogP contribution is 2.24. The standard InChI is InChI=1S/C15H28N2O2S/c1-6-20-9-7-8-17-13(18)12(10-11(2)3)16-14(19)15(17,4)5/h11-12H,6-10H2,1-5H3,(H,16,19). The Balaban J connectivity index is 2.74. The summed E-state index contributed by atoms with van der Waals surface area (Å²) in [6, 6.07) is -0.352. The molecule has 116 valence electrons. The summed E-state index contributed by atoms with van der Waals surface area (Å²) in [5.41, 5.74) is -0.735. The van der Waals surface area contributed by atoms with Crippen LogP contribution in [-0.4, -0.2) is 46.3 Å². The zero-order chi connectivity index (χ0) is 15.3. The van der Waals surface area contributed by atoms with Gasteiger partial charge in [-0.05, 0) is 44.1 Å². The maximum atomic E-state index is 12.6. The summed E-state index contributed by atoms with van der Waals surface area (Å²) in [4.78, 5) is 26.6. The first kappa shape index (κ1) is 17.3. The molecule has 5 heteroatoms. The molecule has 1 heterocycles. The first-order chi connectivity index (χ1) is 9.30. The van der Waals surface area contributed by atoms with Crippen molar-refractivity contribution >= 4 is 23.6 Å². The Morgan fingerprint density at radius 3 is 2.55 bits per heavy atom. The Morgan fingerprint density at radius 1 is 1.35 bits per heavy atom. The van der Waals surface area contributed by atoms with Crippen LogP contribution >= 0.6 is 11.8 Å². The van der Waals surface area contributed by atoms with Crippen LogP contribution in [0.25, 0.3) is 0 Å². The third kappa shape index (κ3) is 4.14. The second-order valence-electron chi connectivity index (χ2n) is 6.25. The zero-order valence-corrected chi connectivity index (χ0v) is 14.2. The monoisotopic (exact) mass is 300 g/mol. The summed E-state index contributed by atoms with van der Waals surface area (Å²) in [5, 5.41) is 2.88. The van der Waals surface area contributed by atoms with Crippen LogP contribution in [0.15, 0.2) is 0 Å². The van der Waals surface area contributed by atoms with E-state index in [1.165, 1.54) is 0 Å². The summed E-state index contributed by atoms with van der Waals surface area (Å²) < 4.78 is 0. The number of nitrogens with one attached hydrogen (secondary N) is 1. The van der Waals surface area contributed by atoms with Crippen LogP contribution in [0.5, 0.6) is 0 Å². The van der Waals surface area contributed by atoms with E-state index < -0.39 is 5.54 Å². The van der Waals surface area contributed by atoms with Crippen molar-refractivity contribution in [3.8, 4) is 0 Å². The van der Waals surface area contributed by atoms with Crippen LogP contribution in [0.2, 0.25) is 0 Å². The largest absolute Gasteiger partial charge is 0.342 e. The Kier molecular flexibility index (Phi) is 6.37.